The maximum Gasteiger partial charge on any atom is 0.243 e. The number of nitrogens with zero attached hydrogens (tertiary/aromatic N) is 1. The third kappa shape index (κ3) is 2.37. The highest BCUT2D eigenvalue weighted by Gasteiger charge is 2.36. The van der Waals surface area contributed by atoms with E-state index in [1.807, 2.05) is 18.3 Å². The number of aromatic nitrogens is 1. The zero-order valence-electron chi connectivity index (χ0n) is 10.8. The van der Waals surface area contributed by atoms with Crippen LogP contribution < -0.4 is 0 Å². The van der Waals surface area contributed by atoms with Gasteiger partial charge >= 0.3 is 0 Å². The fourth-order valence-corrected chi connectivity index (χ4v) is 4.43. The zero-order valence-corrected chi connectivity index (χ0v) is 12.4. The minimum atomic E-state index is -3.48. The summed E-state index contributed by atoms with van der Waals surface area (Å²) >= 11 is 5.82. The van der Waals surface area contributed by atoms with Crippen LogP contribution in [0.3, 0.4) is 0 Å². The quantitative estimate of drug-likeness (QED) is 0.946. The molecule has 1 aromatic heterocycles. The Labute approximate surface area is 123 Å². The normalized spacial score (nSPS) is 20.4. The average Bonchev–Trinajstić information content (AvgIpc) is 3.10. The van der Waals surface area contributed by atoms with Crippen LogP contribution in [0.4, 0.5) is 0 Å². The number of hydrogen-bond donors (Lipinski definition) is 1. The summed E-state index contributed by atoms with van der Waals surface area (Å²) in [5.41, 5.74) is 0.944. The van der Waals surface area contributed by atoms with Crippen molar-refractivity contribution in [3.63, 3.8) is 0 Å². The minimum Gasteiger partial charge on any atom is -0.364 e. The first-order chi connectivity index (χ1) is 9.59. The van der Waals surface area contributed by atoms with E-state index in [1.54, 1.807) is 28.6 Å². The first-order valence-corrected chi connectivity index (χ1v) is 8.31. The highest BCUT2D eigenvalue weighted by molar-refractivity contribution is 7.89. The van der Waals surface area contributed by atoms with Crippen molar-refractivity contribution < 1.29 is 8.42 Å². The summed E-state index contributed by atoms with van der Waals surface area (Å²) in [5.74, 6) is 0. The van der Waals surface area contributed by atoms with Crippen LogP contribution >= 0.6 is 11.6 Å². The van der Waals surface area contributed by atoms with Gasteiger partial charge in [0.15, 0.2) is 0 Å². The molecule has 0 aliphatic carbocycles. The second-order valence-electron chi connectivity index (χ2n) is 4.85. The van der Waals surface area contributed by atoms with E-state index in [2.05, 4.69) is 4.98 Å². The Morgan fingerprint density at radius 3 is 2.60 bits per heavy atom. The standard InChI is InChI=1S/C14H15ClN2O2S/c15-11-5-7-12(8-6-11)20(18,19)17-10-2-4-14(17)13-3-1-9-16-13/h1,3,5-9,14,16H,2,4,10H2. The van der Waals surface area contributed by atoms with Crippen molar-refractivity contribution in [1.29, 1.82) is 0 Å². The van der Waals surface area contributed by atoms with Crippen LogP contribution in [0, 0.1) is 0 Å². The van der Waals surface area contributed by atoms with E-state index in [9.17, 15) is 8.42 Å². The maximum atomic E-state index is 12.7. The molecular weight excluding hydrogens is 296 g/mol. The van der Waals surface area contributed by atoms with Crippen LogP contribution in [0.15, 0.2) is 47.5 Å². The van der Waals surface area contributed by atoms with Gasteiger partial charge in [0.25, 0.3) is 0 Å². The second-order valence-corrected chi connectivity index (χ2v) is 7.18. The molecule has 1 N–H and O–H groups in total. The molecule has 4 nitrogen and oxygen atoms in total. The molecule has 106 valence electrons. The number of rotatable bonds is 3. The summed E-state index contributed by atoms with van der Waals surface area (Å²) < 4.78 is 27.0. The van der Waals surface area contributed by atoms with E-state index < -0.39 is 10.0 Å². The predicted molar refractivity (Wildman–Crippen MR) is 78.1 cm³/mol. The van der Waals surface area contributed by atoms with Gasteiger partial charge in [0.2, 0.25) is 10.0 Å². The smallest absolute Gasteiger partial charge is 0.243 e. The molecule has 6 heteroatoms. The first kappa shape index (κ1) is 13.7. The lowest BCUT2D eigenvalue weighted by atomic mass is 10.2. The summed E-state index contributed by atoms with van der Waals surface area (Å²) in [7, 11) is -3.48. The Morgan fingerprint density at radius 2 is 1.95 bits per heavy atom. The van der Waals surface area contributed by atoms with Crippen LogP contribution in [0.2, 0.25) is 5.02 Å². The fraction of sp³-hybridized carbons (Fsp3) is 0.286. The van der Waals surface area contributed by atoms with E-state index >= 15 is 0 Å². The molecule has 0 amide bonds. The van der Waals surface area contributed by atoms with Crippen molar-refractivity contribution in [1.82, 2.24) is 9.29 Å². The summed E-state index contributed by atoms with van der Waals surface area (Å²) in [6, 6.07) is 10.0. The van der Waals surface area contributed by atoms with E-state index in [-0.39, 0.29) is 6.04 Å². The lowest BCUT2D eigenvalue weighted by Gasteiger charge is -2.23. The van der Waals surface area contributed by atoms with Gasteiger partial charge in [0, 0.05) is 23.5 Å². The lowest BCUT2D eigenvalue weighted by molar-refractivity contribution is 0.391. The van der Waals surface area contributed by atoms with Crippen molar-refractivity contribution >= 4 is 21.6 Å². The molecule has 0 saturated carbocycles. The molecule has 1 aliphatic heterocycles. The van der Waals surface area contributed by atoms with Crippen molar-refractivity contribution in [3.8, 4) is 0 Å². The number of aromatic amines is 1. The number of hydrogen-bond acceptors (Lipinski definition) is 2. The molecule has 1 aromatic carbocycles. The van der Waals surface area contributed by atoms with E-state index in [1.165, 1.54) is 0 Å². The zero-order chi connectivity index (χ0) is 14.2. The first-order valence-electron chi connectivity index (χ1n) is 6.50. The van der Waals surface area contributed by atoms with Gasteiger partial charge in [0.1, 0.15) is 0 Å². The number of H-pyrrole nitrogens is 1. The van der Waals surface area contributed by atoms with Gasteiger partial charge in [-0.2, -0.15) is 4.31 Å². The Balaban J connectivity index is 1.96. The van der Waals surface area contributed by atoms with Gasteiger partial charge in [-0.05, 0) is 49.2 Å². The predicted octanol–water partition coefficient (Wildman–Crippen LogP) is 3.19. The topological polar surface area (TPSA) is 53.2 Å². The van der Waals surface area contributed by atoms with Crippen LogP contribution in [0.25, 0.3) is 0 Å². The lowest BCUT2D eigenvalue weighted by Crippen LogP contribution is -2.30. The van der Waals surface area contributed by atoms with Crippen LogP contribution in [-0.2, 0) is 10.0 Å². The van der Waals surface area contributed by atoms with Crippen LogP contribution in [0.1, 0.15) is 24.6 Å². The van der Waals surface area contributed by atoms with E-state index in [0.29, 0.717) is 16.5 Å². The van der Waals surface area contributed by atoms with Crippen LogP contribution in [0.5, 0.6) is 0 Å². The Hall–Kier alpha value is -1.30. The van der Waals surface area contributed by atoms with Crippen molar-refractivity contribution in [3.05, 3.63) is 53.3 Å². The average molecular weight is 311 g/mol. The molecule has 1 aliphatic rings. The van der Waals surface area contributed by atoms with Gasteiger partial charge in [0.05, 0.1) is 10.9 Å². The van der Waals surface area contributed by atoms with E-state index in [0.717, 1.165) is 18.5 Å². The number of sulfonamides is 1. The molecule has 1 atom stereocenters. The monoisotopic (exact) mass is 310 g/mol. The number of halogens is 1. The third-order valence-corrected chi connectivity index (χ3v) is 5.78. The fourth-order valence-electron chi connectivity index (χ4n) is 2.63. The Kier molecular flexibility index (Phi) is 3.58. The summed E-state index contributed by atoms with van der Waals surface area (Å²) in [4.78, 5) is 3.41. The molecule has 1 saturated heterocycles. The van der Waals surface area contributed by atoms with Crippen molar-refractivity contribution in [2.75, 3.05) is 6.54 Å². The van der Waals surface area contributed by atoms with Gasteiger partial charge < -0.3 is 4.98 Å². The molecule has 2 aromatic rings. The third-order valence-electron chi connectivity index (χ3n) is 3.60. The van der Waals surface area contributed by atoms with Crippen LogP contribution in [-0.4, -0.2) is 24.3 Å². The van der Waals surface area contributed by atoms with Gasteiger partial charge in [-0.25, -0.2) is 8.42 Å². The number of benzene rings is 1. The van der Waals surface area contributed by atoms with Gasteiger partial charge in [-0.3, -0.25) is 0 Å². The summed E-state index contributed by atoms with van der Waals surface area (Å²) in [6.45, 7) is 0.550. The largest absolute Gasteiger partial charge is 0.364 e. The Bertz CT molecular complexity index is 680. The molecule has 0 radical (unpaired) electrons. The molecule has 20 heavy (non-hydrogen) atoms. The highest BCUT2D eigenvalue weighted by Crippen LogP contribution is 2.35. The highest BCUT2D eigenvalue weighted by atomic mass is 35.5. The Morgan fingerprint density at radius 1 is 1.20 bits per heavy atom. The maximum absolute atomic E-state index is 12.7. The van der Waals surface area contributed by atoms with Crippen molar-refractivity contribution in [2.45, 2.75) is 23.8 Å². The second kappa shape index (κ2) is 5.24. The molecule has 1 unspecified atom stereocenters. The number of nitrogens with one attached hydrogen (secondary N) is 1. The molecule has 2 heterocycles. The molecular formula is C14H15ClN2O2S. The SMILES string of the molecule is O=S(=O)(c1ccc(Cl)cc1)N1CCCC1c1ccc[nH]1. The van der Waals surface area contributed by atoms with E-state index in [4.69, 9.17) is 11.6 Å². The molecule has 0 bridgehead atoms. The van der Waals surface area contributed by atoms with Crippen molar-refractivity contribution in [2.24, 2.45) is 0 Å². The minimum absolute atomic E-state index is 0.106. The molecule has 0 spiro atoms. The molecule has 3 rings (SSSR count). The van der Waals surface area contributed by atoms with Gasteiger partial charge in [-0.1, -0.05) is 11.6 Å². The summed E-state index contributed by atoms with van der Waals surface area (Å²) in [6.07, 6.45) is 3.53. The summed E-state index contributed by atoms with van der Waals surface area (Å²) in [5, 5.41) is 0.534. The van der Waals surface area contributed by atoms with Gasteiger partial charge in [-0.15, -0.1) is 0 Å². The molecule has 1 fully saturated rings.